The van der Waals surface area contributed by atoms with Gasteiger partial charge in [-0.15, -0.1) is 0 Å². The summed E-state index contributed by atoms with van der Waals surface area (Å²) in [6, 6.07) is 36.6. The van der Waals surface area contributed by atoms with Crippen LogP contribution < -0.4 is 0 Å². The van der Waals surface area contributed by atoms with Crippen LogP contribution in [0.2, 0.25) is 0 Å². The highest BCUT2D eigenvalue weighted by Gasteiger charge is 2.47. The van der Waals surface area contributed by atoms with Gasteiger partial charge in [-0.2, -0.15) is 0 Å². The predicted octanol–water partition coefficient (Wildman–Crippen LogP) is 11.8. The maximum absolute atomic E-state index is 2.56. The first-order valence-electron chi connectivity index (χ1n) is 15.3. The fourth-order valence-electron chi connectivity index (χ4n) is 8.57. The molecule has 2 unspecified atom stereocenters. The van der Waals surface area contributed by atoms with Gasteiger partial charge in [0.1, 0.15) is 0 Å². The highest BCUT2D eigenvalue weighted by atomic mass is 14.5. The standard InChI is InChI=1S/C41H36/c1-5-25-23-31-21-19-29-17-15-27-11-7-9-13-33(27)35(29)37(31)39(25)41(3,4)40-26(6-2)24-32-22-20-30-18-16-28-12-8-10-14-34(28)36(30)38(32)40/h7-24,39-40H,5-6H2,1-4H3. The quantitative estimate of drug-likeness (QED) is 0.200. The van der Waals surface area contributed by atoms with Gasteiger partial charge < -0.3 is 0 Å². The molecule has 0 bridgehead atoms. The molecule has 8 rings (SSSR count). The van der Waals surface area contributed by atoms with E-state index in [0.29, 0.717) is 11.8 Å². The molecule has 0 N–H and O–H groups in total. The molecule has 2 aliphatic carbocycles. The van der Waals surface area contributed by atoms with Gasteiger partial charge in [0.15, 0.2) is 0 Å². The van der Waals surface area contributed by atoms with Crippen molar-refractivity contribution in [3.8, 4) is 0 Å². The van der Waals surface area contributed by atoms with E-state index in [0.717, 1.165) is 12.8 Å². The van der Waals surface area contributed by atoms with Crippen LogP contribution >= 0.6 is 0 Å². The summed E-state index contributed by atoms with van der Waals surface area (Å²) in [5, 5.41) is 11.0. The summed E-state index contributed by atoms with van der Waals surface area (Å²) >= 11 is 0. The lowest BCUT2D eigenvalue weighted by Crippen LogP contribution is -2.30. The minimum Gasteiger partial charge on any atom is -0.0618 e. The van der Waals surface area contributed by atoms with Crippen molar-refractivity contribution in [2.24, 2.45) is 5.41 Å². The fraction of sp³-hybridized carbons (Fsp3) is 0.220. The molecule has 0 fully saturated rings. The van der Waals surface area contributed by atoms with Crippen LogP contribution in [0.3, 0.4) is 0 Å². The Kier molecular flexibility index (Phi) is 5.36. The van der Waals surface area contributed by atoms with Crippen molar-refractivity contribution < 1.29 is 0 Å². The maximum Gasteiger partial charge on any atom is 0.0124 e. The Morgan fingerprint density at radius 3 is 1.32 bits per heavy atom. The van der Waals surface area contributed by atoms with Gasteiger partial charge in [0.25, 0.3) is 0 Å². The molecule has 0 saturated carbocycles. The summed E-state index contributed by atoms with van der Waals surface area (Å²) in [6.07, 6.45) is 7.18. The van der Waals surface area contributed by atoms with E-state index in [1.807, 2.05) is 0 Å². The molecule has 200 valence electrons. The largest absolute Gasteiger partial charge is 0.0618 e. The van der Waals surface area contributed by atoms with Crippen LogP contribution in [0.25, 0.3) is 55.2 Å². The van der Waals surface area contributed by atoms with Crippen molar-refractivity contribution in [2.75, 3.05) is 0 Å². The van der Waals surface area contributed by atoms with E-state index in [2.05, 4.69) is 137 Å². The normalized spacial score (nSPS) is 18.2. The second kappa shape index (κ2) is 8.92. The summed E-state index contributed by atoms with van der Waals surface area (Å²) in [6.45, 7) is 9.83. The van der Waals surface area contributed by atoms with Crippen LogP contribution in [0.1, 0.15) is 74.6 Å². The molecule has 0 heterocycles. The van der Waals surface area contributed by atoms with Crippen LogP contribution in [-0.2, 0) is 0 Å². The van der Waals surface area contributed by atoms with Crippen molar-refractivity contribution in [3.63, 3.8) is 0 Å². The molecule has 0 saturated heterocycles. The van der Waals surface area contributed by atoms with E-state index in [-0.39, 0.29) is 5.41 Å². The molecule has 0 spiro atoms. The Bertz CT molecular complexity index is 1950. The summed E-state index contributed by atoms with van der Waals surface area (Å²) in [5.41, 5.74) is 9.00. The Morgan fingerprint density at radius 1 is 0.488 bits per heavy atom. The van der Waals surface area contributed by atoms with E-state index in [1.54, 1.807) is 11.1 Å². The third-order valence-corrected chi connectivity index (χ3v) is 10.3. The summed E-state index contributed by atoms with van der Waals surface area (Å²) in [4.78, 5) is 0. The van der Waals surface area contributed by atoms with Crippen molar-refractivity contribution >= 4 is 55.2 Å². The highest BCUT2D eigenvalue weighted by molar-refractivity contribution is 6.12. The molecule has 41 heavy (non-hydrogen) atoms. The van der Waals surface area contributed by atoms with Gasteiger partial charge in [0.05, 0.1) is 0 Å². The van der Waals surface area contributed by atoms with Crippen LogP contribution in [0.15, 0.2) is 108 Å². The molecular formula is C41H36. The molecule has 2 atom stereocenters. The number of allylic oxidation sites excluding steroid dienone is 2. The Morgan fingerprint density at radius 2 is 0.878 bits per heavy atom. The maximum atomic E-state index is 2.56. The van der Waals surface area contributed by atoms with Gasteiger partial charge >= 0.3 is 0 Å². The Labute approximate surface area is 243 Å². The lowest BCUT2D eigenvalue weighted by Gasteiger charge is -2.42. The van der Waals surface area contributed by atoms with Gasteiger partial charge in [-0.3, -0.25) is 0 Å². The number of fused-ring (bicyclic) bond motifs is 10. The monoisotopic (exact) mass is 528 g/mol. The molecule has 0 aromatic heterocycles. The Hall–Kier alpha value is -4.16. The summed E-state index contributed by atoms with van der Waals surface area (Å²) < 4.78 is 0. The number of hydrogen-bond donors (Lipinski definition) is 0. The van der Waals surface area contributed by atoms with Gasteiger partial charge in [-0.1, -0.05) is 148 Å². The van der Waals surface area contributed by atoms with E-state index < -0.39 is 0 Å². The number of benzene rings is 6. The smallest absolute Gasteiger partial charge is 0.0124 e. The van der Waals surface area contributed by atoms with Crippen LogP contribution in [0.5, 0.6) is 0 Å². The second-order valence-electron chi connectivity index (χ2n) is 12.7. The van der Waals surface area contributed by atoms with Crippen LogP contribution in [0.4, 0.5) is 0 Å². The van der Waals surface area contributed by atoms with Crippen molar-refractivity contribution in [1.29, 1.82) is 0 Å². The summed E-state index contributed by atoms with van der Waals surface area (Å²) in [7, 11) is 0. The summed E-state index contributed by atoms with van der Waals surface area (Å²) in [5.74, 6) is 0.682. The fourth-order valence-corrected chi connectivity index (χ4v) is 8.57. The average Bonchev–Trinajstić information content (AvgIpc) is 3.60. The van der Waals surface area contributed by atoms with E-state index >= 15 is 0 Å². The molecule has 0 radical (unpaired) electrons. The van der Waals surface area contributed by atoms with Gasteiger partial charge in [0, 0.05) is 11.8 Å². The first-order chi connectivity index (χ1) is 20.0. The molecule has 0 amide bonds. The molecule has 0 aliphatic heterocycles. The van der Waals surface area contributed by atoms with Crippen molar-refractivity contribution in [1.82, 2.24) is 0 Å². The third kappa shape index (κ3) is 3.40. The second-order valence-corrected chi connectivity index (χ2v) is 12.7. The van der Waals surface area contributed by atoms with E-state index in [1.165, 1.54) is 65.3 Å². The lowest BCUT2D eigenvalue weighted by atomic mass is 9.60. The number of hydrogen-bond acceptors (Lipinski definition) is 0. The van der Waals surface area contributed by atoms with Crippen LogP contribution in [-0.4, -0.2) is 0 Å². The zero-order valence-corrected chi connectivity index (χ0v) is 24.5. The average molecular weight is 529 g/mol. The molecule has 2 aliphatic rings. The van der Waals surface area contributed by atoms with Crippen molar-refractivity contribution in [3.05, 3.63) is 130 Å². The van der Waals surface area contributed by atoms with E-state index in [4.69, 9.17) is 0 Å². The molecule has 6 aromatic carbocycles. The lowest BCUT2D eigenvalue weighted by molar-refractivity contribution is 0.272. The minimum atomic E-state index is -0.0311. The zero-order chi connectivity index (χ0) is 27.9. The highest BCUT2D eigenvalue weighted by Crippen LogP contribution is 2.61. The topological polar surface area (TPSA) is 0 Å². The molecular weight excluding hydrogens is 492 g/mol. The first-order valence-corrected chi connectivity index (χ1v) is 15.3. The SMILES string of the molecule is CCC1=Cc2ccc3ccc4ccccc4c3c2C1C(C)(C)C1C(CC)=Cc2ccc3ccc4ccccc4c3c21. The molecule has 0 nitrogen and oxygen atoms in total. The number of rotatable bonds is 4. The zero-order valence-electron chi connectivity index (χ0n) is 24.5. The van der Waals surface area contributed by atoms with Gasteiger partial charge in [-0.25, -0.2) is 0 Å². The van der Waals surface area contributed by atoms with Crippen molar-refractivity contribution in [2.45, 2.75) is 52.4 Å². The first kappa shape index (κ1) is 24.6. The molecule has 0 heteroatoms. The minimum absolute atomic E-state index is 0.0311. The Balaban J connectivity index is 1.43. The van der Waals surface area contributed by atoms with Gasteiger partial charge in [0.2, 0.25) is 0 Å². The van der Waals surface area contributed by atoms with Gasteiger partial charge in [-0.05, 0) is 83.6 Å². The van der Waals surface area contributed by atoms with E-state index in [9.17, 15) is 0 Å². The predicted molar refractivity (Wildman–Crippen MR) is 179 cm³/mol. The molecule has 6 aromatic rings. The third-order valence-electron chi connectivity index (χ3n) is 10.3. The van der Waals surface area contributed by atoms with Crippen LogP contribution in [0, 0.1) is 5.41 Å².